The van der Waals surface area contributed by atoms with E-state index < -0.39 is 62.4 Å². The van der Waals surface area contributed by atoms with Crippen molar-refractivity contribution in [3.63, 3.8) is 0 Å². The summed E-state index contributed by atoms with van der Waals surface area (Å²) in [6.07, 6.45) is -4.87. The topological polar surface area (TPSA) is 86.8 Å². The number of hydrogen-bond acceptors (Lipinski definition) is 4. The van der Waals surface area contributed by atoms with Gasteiger partial charge in [0.25, 0.3) is 10.0 Å². The molecule has 0 fully saturated rings. The number of hydrogen-bond donors (Lipinski definition) is 1. The predicted octanol–water partition coefficient (Wildman–Crippen LogP) is 7.76. The molecule has 0 aliphatic carbocycles. The summed E-state index contributed by atoms with van der Waals surface area (Å²) in [5.74, 6) is -1.38. The van der Waals surface area contributed by atoms with Crippen molar-refractivity contribution < 1.29 is 31.2 Å². The first-order valence-electron chi connectivity index (χ1n) is 14.8. The second-order valence-corrected chi connectivity index (χ2v) is 14.7. The molecule has 1 N–H and O–H groups in total. The monoisotopic (exact) mass is 719 g/mol. The van der Waals surface area contributed by atoms with Crippen LogP contribution in [-0.4, -0.2) is 43.3 Å². The van der Waals surface area contributed by atoms with Crippen LogP contribution in [-0.2, 0) is 38.8 Å². The van der Waals surface area contributed by atoms with Gasteiger partial charge in [0.15, 0.2) is 0 Å². The molecule has 0 spiro atoms. The Labute approximate surface area is 288 Å². The molecule has 4 aromatic rings. The van der Waals surface area contributed by atoms with E-state index in [1.54, 1.807) is 81.4 Å². The lowest BCUT2D eigenvalue weighted by Gasteiger charge is -2.35. The average Bonchev–Trinajstić information content (AvgIpc) is 3.02. The number of rotatable bonds is 11. The van der Waals surface area contributed by atoms with E-state index in [0.717, 1.165) is 12.1 Å². The van der Waals surface area contributed by atoms with Crippen LogP contribution in [0.25, 0.3) is 0 Å². The Kier molecular flexibility index (Phi) is 11.5. The molecule has 0 aromatic heterocycles. The Morgan fingerprint density at radius 1 is 0.812 bits per heavy atom. The molecule has 0 radical (unpaired) electrons. The zero-order valence-electron chi connectivity index (χ0n) is 26.3. The number of nitrogens with zero attached hydrogens (tertiary/aromatic N) is 2. The SMILES string of the molecule is CC(C)(C)NC(=O)[C@@H](Cc1ccccc1)N(Cc1ccccc1Cl)C(=O)CN(c1ccc(Cl)c(C(F)(F)F)c1)S(=O)(=O)c1ccccc1. The summed E-state index contributed by atoms with van der Waals surface area (Å²) in [5, 5.41) is 2.56. The van der Waals surface area contributed by atoms with Crippen LogP contribution in [0.4, 0.5) is 18.9 Å². The number of carbonyl (C=O) groups excluding carboxylic acids is 2. The van der Waals surface area contributed by atoms with Gasteiger partial charge in [0.05, 0.1) is 21.2 Å². The zero-order chi connectivity index (χ0) is 35.3. The highest BCUT2D eigenvalue weighted by Crippen LogP contribution is 2.38. The molecule has 48 heavy (non-hydrogen) atoms. The minimum atomic E-state index is -4.92. The molecule has 1 atom stereocenters. The van der Waals surface area contributed by atoms with Crippen molar-refractivity contribution in [2.75, 3.05) is 10.8 Å². The van der Waals surface area contributed by atoms with E-state index in [1.165, 1.54) is 29.2 Å². The van der Waals surface area contributed by atoms with Crippen LogP contribution >= 0.6 is 23.2 Å². The molecule has 0 saturated carbocycles. The first-order chi connectivity index (χ1) is 22.5. The van der Waals surface area contributed by atoms with Crippen LogP contribution in [0.3, 0.4) is 0 Å². The highest BCUT2D eigenvalue weighted by atomic mass is 35.5. The van der Waals surface area contributed by atoms with Gasteiger partial charge in [-0.1, -0.05) is 89.9 Å². The van der Waals surface area contributed by atoms with E-state index in [9.17, 15) is 31.2 Å². The van der Waals surface area contributed by atoms with Gasteiger partial charge in [0.1, 0.15) is 12.6 Å². The molecule has 0 aliphatic rings. The average molecular weight is 721 g/mol. The molecule has 0 unspecified atom stereocenters. The van der Waals surface area contributed by atoms with E-state index in [2.05, 4.69) is 5.32 Å². The maximum Gasteiger partial charge on any atom is 0.417 e. The Morgan fingerprint density at radius 2 is 1.40 bits per heavy atom. The number of sulfonamides is 1. The maximum absolute atomic E-state index is 14.5. The fourth-order valence-corrected chi connectivity index (χ4v) is 6.80. The van der Waals surface area contributed by atoms with Crippen LogP contribution in [0.5, 0.6) is 0 Å². The van der Waals surface area contributed by atoms with Crippen LogP contribution in [0.1, 0.15) is 37.5 Å². The summed E-state index contributed by atoms with van der Waals surface area (Å²) in [6.45, 7) is 4.17. The molecule has 2 amide bonds. The third-order valence-corrected chi connectivity index (χ3v) is 9.71. The molecular weight excluding hydrogens is 686 g/mol. The molecular formula is C35H34Cl2F3N3O4S. The standard InChI is InChI=1S/C35H34Cl2F3N3O4S/c1-34(2,3)41-33(45)31(20-24-12-6-4-7-13-24)42(22-25-14-10-11-17-29(25)36)32(44)23-43(48(46,47)27-15-8-5-9-16-27)26-18-19-30(37)28(21-26)35(38,39)40/h4-19,21,31H,20,22-23H2,1-3H3,(H,41,45)/t31-/m1/s1. The van der Waals surface area contributed by atoms with Gasteiger partial charge >= 0.3 is 6.18 Å². The fourth-order valence-electron chi connectivity index (χ4n) is 4.95. The molecule has 4 aromatic carbocycles. The van der Waals surface area contributed by atoms with Crippen molar-refractivity contribution in [3.05, 3.63) is 130 Å². The summed E-state index contributed by atoms with van der Waals surface area (Å²) >= 11 is 12.4. The van der Waals surface area contributed by atoms with Gasteiger partial charge in [0.2, 0.25) is 11.8 Å². The molecule has 0 heterocycles. The van der Waals surface area contributed by atoms with Crippen molar-refractivity contribution in [2.45, 2.75) is 56.4 Å². The van der Waals surface area contributed by atoms with Crippen LogP contribution in [0.2, 0.25) is 10.0 Å². The lowest BCUT2D eigenvalue weighted by molar-refractivity contribution is -0.140. The third-order valence-electron chi connectivity index (χ3n) is 7.22. The molecule has 4 rings (SSSR count). The lowest BCUT2D eigenvalue weighted by Crippen LogP contribution is -2.56. The second-order valence-electron chi connectivity index (χ2n) is 12.0. The third kappa shape index (κ3) is 9.30. The van der Waals surface area contributed by atoms with Gasteiger partial charge in [-0.15, -0.1) is 0 Å². The van der Waals surface area contributed by atoms with Crippen molar-refractivity contribution in [1.82, 2.24) is 10.2 Å². The lowest BCUT2D eigenvalue weighted by atomic mass is 10.0. The first kappa shape index (κ1) is 36.8. The number of carbonyl (C=O) groups is 2. The fraction of sp³-hybridized carbons (Fsp3) is 0.257. The molecule has 7 nitrogen and oxygen atoms in total. The first-order valence-corrected chi connectivity index (χ1v) is 17.0. The van der Waals surface area contributed by atoms with Crippen LogP contribution in [0.15, 0.2) is 108 Å². The smallest absolute Gasteiger partial charge is 0.350 e. The summed E-state index contributed by atoms with van der Waals surface area (Å²) in [6, 6.07) is 24.0. The van der Waals surface area contributed by atoms with Gasteiger partial charge in [-0.2, -0.15) is 13.2 Å². The van der Waals surface area contributed by atoms with Crippen molar-refractivity contribution in [2.24, 2.45) is 0 Å². The number of nitrogens with one attached hydrogen (secondary N) is 1. The van der Waals surface area contributed by atoms with Gasteiger partial charge in [-0.25, -0.2) is 8.42 Å². The zero-order valence-corrected chi connectivity index (χ0v) is 28.7. The molecule has 13 heteroatoms. The summed E-state index contributed by atoms with van der Waals surface area (Å²) in [5.41, 5.74) is -1.24. The van der Waals surface area contributed by atoms with E-state index in [1.807, 2.05) is 0 Å². The quantitative estimate of drug-likeness (QED) is 0.172. The van der Waals surface area contributed by atoms with Gasteiger partial charge < -0.3 is 10.2 Å². The van der Waals surface area contributed by atoms with Crippen LogP contribution < -0.4 is 9.62 Å². The predicted molar refractivity (Wildman–Crippen MR) is 181 cm³/mol. The Hall–Kier alpha value is -4.06. The van der Waals surface area contributed by atoms with Gasteiger partial charge in [0, 0.05) is 23.5 Å². The van der Waals surface area contributed by atoms with Gasteiger partial charge in [-0.05, 0) is 68.3 Å². The summed E-state index contributed by atoms with van der Waals surface area (Å²) < 4.78 is 70.5. The normalized spacial score (nSPS) is 12.7. The second kappa shape index (κ2) is 15.0. The maximum atomic E-state index is 14.5. The van der Waals surface area contributed by atoms with E-state index >= 15 is 0 Å². The number of benzene rings is 4. The summed E-state index contributed by atoms with van der Waals surface area (Å²) in [4.78, 5) is 29.4. The Balaban J connectivity index is 1.88. The minimum absolute atomic E-state index is 0.0452. The molecule has 0 saturated heterocycles. The largest absolute Gasteiger partial charge is 0.417 e. The number of halogens is 5. The van der Waals surface area contributed by atoms with E-state index in [-0.39, 0.29) is 17.9 Å². The van der Waals surface area contributed by atoms with E-state index in [4.69, 9.17) is 23.2 Å². The molecule has 254 valence electrons. The molecule has 0 bridgehead atoms. The highest BCUT2D eigenvalue weighted by Gasteiger charge is 2.38. The number of alkyl halides is 3. The Bertz CT molecular complexity index is 1850. The summed E-state index contributed by atoms with van der Waals surface area (Å²) in [7, 11) is -4.62. The van der Waals surface area contributed by atoms with Crippen molar-refractivity contribution >= 4 is 50.7 Å². The number of anilines is 1. The van der Waals surface area contributed by atoms with Crippen molar-refractivity contribution in [1.29, 1.82) is 0 Å². The van der Waals surface area contributed by atoms with Crippen molar-refractivity contribution in [3.8, 4) is 0 Å². The minimum Gasteiger partial charge on any atom is -0.350 e. The van der Waals surface area contributed by atoms with E-state index in [0.29, 0.717) is 26.5 Å². The Morgan fingerprint density at radius 3 is 1.98 bits per heavy atom. The number of amides is 2. The van der Waals surface area contributed by atoms with Gasteiger partial charge in [-0.3, -0.25) is 13.9 Å². The molecule has 0 aliphatic heterocycles. The highest BCUT2D eigenvalue weighted by molar-refractivity contribution is 7.92. The van der Waals surface area contributed by atoms with Crippen LogP contribution in [0, 0.1) is 0 Å².